The predicted molar refractivity (Wildman–Crippen MR) is 136 cm³/mol. The van der Waals surface area contributed by atoms with Gasteiger partial charge in [-0.15, -0.1) is 0 Å². The number of methoxy groups -OCH3 is 1. The summed E-state index contributed by atoms with van der Waals surface area (Å²) in [5.41, 5.74) is -0.488. The monoisotopic (exact) mass is 509 g/mol. The van der Waals surface area contributed by atoms with E-state index in [2.05, 4.69) is 6.92 Å². The molecule has 7 heteroatoms. The van der Waals surface area contributed by atoms with E-state index in [0.29, 0.717) is 49.7 Å². The Hall–Kier alpha value is -0.500. The summed E-state index contributed by atoms with van der Waals surface area (Å²) in [5.74, 6) is 4.55. The Kier molecular flexibility index (Phi) is 7.21. The number of nitrogens with zero attached hydrogens (tertiary/aromatic N) is 1. The molecule has 200 valence electrons. The van der Waals surface area contributed by atoms with Crippen molar-refractivity contribution in [3.63, 3.8) is 0 Å². The number of carbonyl (C=O) groups excluding carboxylic acids is 1. The Morgan fingerprint density at radius 1 is 0.971 bits per heavy atom. The molecule has 0 aromatic carbocycles. The highest BCUT2D eigenvalue weighted by Crippen LogP contribution is 2.65. The van der Waals surface area contributed by atoms with E-state index >= 15 is 0 Å². The Labute approximate surface area is 212 Å². The first kappa shape index (κ1) is 26.1. The van der Waals surface area contributed by atoms with Gasteiger partial charge in [-0.25, -0.2) is 12.7 Å². The summed E-state index contributed by atoms with van der Waals surface area (Å²) in [6.07, 6.45) is 13.6. The van der Waals surface area contributed by atoms with Gasteiger partial charge in [0.05, 0.1) is 18.5 Å². The molecule has 0 aromatic heterocycles. The van der Waals surface area contributed by atoms with Crippen LogP contribution in [0.25, 0.3) is 0 Å². The van der Waals surface area contributed by atoms with E-state index in [0.717, 1.165) is 56.3 Å². The molecule has 8 atom stereocenters. The van der Waals surface area contributed by atoms with Gasteiger partial charge >= 0.3 is 0 Å². The summed E-state index contributed by atoms with van der Waals surface area (Å²) >= 11 is 0. The minimum Gasteiger partial charge on any atom is -0.387 e. The SMILES string of the molecule is COC[C@@]1(O)CC[C@H]2[C@H](CC[C@@H]3[C@@H]2CC[C@]2(C)[C@@H](C(=O)CC4CCN(S(C)(=O)=O)CC4)CC[C@@H]32)C1. The minimum absolute atomic E-state index is 0.143. The molecular weight excluding hydrogens is 462 g/mol. The van der Waals surface area contributed by atoms with E-state index in [1.807, 2.05) is 0 Å². The van der Waals surface area contributed by atoms with Crippen molar-refractivity contribution in [2.24, 2.45) is 46.8 Å². The molecule has 0 bridgehead atoms. The first-order valence-electron chi connectivity index (χ1n) is 14.2. The smallest absolute Gasteiger partial charge is 0.211 e. The third kappa shape index (κ3) is 4.88. The van der Waals surface area contributed by atoms with Crippen molar-refractivity contribution in [3.8, 4) is 0 Å². The molecule has 5 fully saturated rings. The van der Waals surface area contributed by atoms with Gasteiger partial charge in [-0.05, 0) is 112 Å². The molecule has 5 aliphatic rings. The van der Waals surface area contributed by atoms with Crippen LogP contribution in [-0.4, -0.2) is 62.3 Å². The van der Waals surface area contributed by atoms with Crippen LogP contribution in [0.15, 0.2) is 0 Å². The lowest BCUT2D eigenvalue weighted by Gasteiger charge is -2.57. The molecule has 0 aromatic rings. The average molecular weight is 510 g/mol. The molecule has 1 N–H and O–H groups in total. The Bertz CT molecular complexity index is 899. The molecule has 35 heavy (non-hydrogen) atoms. The number of ether oxygens (including phenoxy) is 1. The lowest BCUT2D eigenvalue weighted by atomic mass is 9.48. The highest BCUT2D eigenvalue weighted by Gasteiger charge is 2.59. The first-order chi connectivity index (χ1) is 16.5. The van der Waals surface area contributed by atoms with Gasteiger partial charge in [-0.1, -0.05) is 6.92 Å². The maximum absolute atomic E-state index is 13.6. The Morgan fingerprint density at radius 3 is 2.37 bits per heavy atom. The minimum atomic E-state index is -3.12. The number of hydrogen-bond donors (Lipinski definition) is 1. The van der Waals surface area contributed by atoms with E-state index < -0.39 is 15.6 Å². The second kappa shape index (κ2) is 9.67. The van der Waals surface area contributed by atoms with Gasteiger partial charge in [0.25, 0.3) is 0 Å². The fraction of sp³-hybridized carbons (Fsp3) is 0.964. The zero-order valence-electron chi connectivity index (χ0n) is 22.1. The van der Waals surface area contributed by atoms with Crippen LogP contribution < -0.4 is 0 Å². The van der Waals surface area contributed by atoms with Crippen LogP contribution in [0.1, 0.15) is 84.0 Å². The number of sulfonamides is 1. The van der Waals surface area contributed by atoms with Crippen LogP contribution in [0.5, 0.6) is 0 Å². The molecule has 1 aliphatic heterocycles. The van der Waals surface area contributed by atoms with Crippen molar-refractivity contribution in [2.75, 3.05) is 33.1 Å². The van der Waals surface area contributed by atoms with E-state index in [1.165, 1.54) is 38.4 Å². The molecule has 0 radical (unpaired) electrons. The molecular formula is C28H47NO5S. The highest BCUT2D eigenvalue weighted by atomic mass is 32.2. The van der Waals surface area contributed by atoms with E-state index in [9.17, 15) is 18.3 Å². The average Bonchev–Trinajstić information content (AvgIpc) is 3.16. The number of hydrogen-bond acceptors (Lipinski definition) is 5. The quantitative estimate of drug-likeness (QED) is 0.578. The third-order valence-corrected chi connectivity index (χ3v) is 12.7. The maximum Gasteiger partial charge on any atom is 0.211 e. The molecule has 6 nitrogen and oxygen atoms in total. The van der Waals surface area contributed by atoms with Crippen molar-refractivity contribution in [1.29, 1.82) is 0 Å². The number of fused-ring (bicyclic) bond motifs is 5. The number of rotatable bonds is 6. The van der Waals surface area contributed by atoms with Crippen molar-refractivity contribution >= 4 is 15.8 Å². The maximum atomic E-state index is 13.6. The van der Waals surface area contributed by atoms with Crippen LogP contribution in [0.3, 0.4) is 0 Å². The number of piperidine rings is 1. The van der Waals surface area contributed by atoms with Crippen LogP contribution in [-0.2, 0) is 19.6 Å². The summed E-state index contributed by atoms with van der Waals surface area (Å²) in [6, 6.07) is 0. The summed E-state index contributed by atoms with van der Waals surface area (Å²) in [6.45, 7) is 4.02. The molecule has 4 saturated carbocycles. The van der Waals surface area contributed by atoms with Gasteiger partial charge in [-0.3, -0.25) is 4.79 Å². The zero-order valence-corrected chi connectivity index (χ0v) is 22.9. The standard InChI is InChI=1S/C28H47NO5S/c1-27-12-8-22-21-9-13-28(31,18-34-2)17-20(21)4-5-23(22)24(27)6-7-25(27)26(30)16-19-10-14-29(15-11-19)35(3,32)33/h19-25,31H,4-18H2,1-3H3/t20-,21+,22-,23-,24+,25-,27+,28-/m1/s1. The van der Waals surface area contributed by atoms with E-state index in [1.54, 1.807) is 11.4 Å². The van der Waals surface area contributed by atoms with Gasteiger partial charge in [0.2, 0.25) is 10.0 Å². The number of carbonyl (C=O) groups is 1. The number of aliphatic hydroxyl groups is 1. The zero-order chi connectivity index (χ0) is 25.0. The number of ketones is 1. The Balaban J connectivity index is 1.21. The van der Waals surface area contributed by atoms with Gasteiger partial charge in [0.1, 0.15) is 5.78 Å². The second-order valence-corrected chi connectivity index (χ2v) is 15.3. The summed E-state index contributed by atoms with van der Waals surface area (Å²) in [4.78, 5) is 13.6. The molecule has 1 saturated heterocycles. The first-order valence-corrected chi connectivity index (χ1v) is 16.1. The fourth-order valence-corrected chi connectivity index (χ4v) is 10.6. The molecule has 1 heterocycles. The van der Waals surface area contributed by atoms with Gasteiger partial charge in [0, 0.05) is 32.5 Å². The summed E-state index contributed by atoms with van der Waals surface area (Å²) in [7, 11) is -1.43. The van der Waals surface area contributed by atoms with Crippen LogP contribution in [0.2, 0.25) is 0 Å². The summed E-state index contributed by atoms with van der Waals surface area (Å²) < 4.78 is 30.6. The van der Waals surface area contributed by atoms with E-state index in [4.69, 9.17) is 4.74 Å². The Morgan fingerprint density at radius 2 is 1.69 bits per heavy atom. The van der Waals surface area contributed by atoms with Crippen molar-refractivity contribution in [3.05, 3.63) is 0 Å². The number of Topliss-reactive ketones (excluding diaryl/α,β-unsaturated/α-hetero) is 1. The normalized spacial score (nSPS) is 44.9. The largest absolute Gasteiger partial charge is 0.387 e. The topological polar surface area (TPSA) is 83.9 Å². The molecule has 0 amide bonds. The van der Waals surface area contributed by atoms with Crippen LogP contribution in [0.4, 0.5) is 0 Å². The van der Waals surface area contributed by atoms with Crippen LogP contribution >= 0.6 is 0 Å². The van der Waals surface area contributed by atoms with Crippen LogP contribution in [0, 0.1) is 46.8 Å². The van der Waals surface area contributed by atoms with Gasteiger partial charge in [0.15, 0.2) is 0 Å². The molecule has 0 spiro atoms. The lowest BCUT2D eigenvalue weighted by molar-refractivity contribution is -0.137. The summed E-state index contributed by atoms with van der Waals surface area (Å²) in [5, 5.41) is 11.0. The fourth-order valence-electron chi connectivity index (χ4n) is 9.76. The highest BCUT2D eigenvalue weighted by molar-refractivity contribution is 7.88. The van der Waals surface area contributed by atoms with Crippen molar-refractivity contribution < 1.29 is 23.1 Å². The van der Waals surface area contributed by atoms with Crippen molar-refractivity contribution in [1.82, 2.24) is 4.31 Å². The van der Waals surface area contributed by atoms with E-state index in [-0.39, 0.29) is 11.3 Å². The molecule has 4 aliphatic carbocycles. The molecule has 5 rings (SSSR count). The second-order valence-electron chi connectivity index (χ2n) is 13.3. The van der Waals surface area contributed by atoms with Gasteiger partial charge < -0.3 is 9.84 Å². The van der Waals surface area contributed by atoms with Gasteiger partial charge in [-0.2, -0.15) is 0 Å². The van der Waals surface area contributed by atoms with Crippen molar-refractivity contribution in [2.45, 2.75) is 89.6 Å². The lowest BCUT2D eigenvalue weighted by Crippen LogP contribution is -2.52. The molecule has 0 unspecified atom stereocenters. The third-order valence-electron chi connectivity index (χ3n) is 11.4. The predicted octanol–water partition coefficient (Wildman–Crippen LogP) is 4.26.